The molecule has 0 aliphatic carbocycles. The van der Waals surface area contributed by atoms with Gasteiger partial charge in [0.15, 0.2) is 0 Å². The van der Waals surface area contributed by atoms with Crippen molar-refractivity contribution in [3.05, 3.63) is 109 Å². The van der Waals surface area contributed by atoms with Crippen molar-refractivity contribution in [3.63, 3.8) is 0 Å². The Morgan fingerprint density at radius 2 is 0.873 bits per heavy atom. The molecule has 0 heterocycles. The topological polar surface area (TPSA) is 114 Å². The molecule has 454 valence electrons. The third-order valence-corrected chi connectivity index (χ3v) is 14.7. The first-order valence-corrected chi connectivity index (χ1v) is 33.7. The number of allylic oxidation sites excluding steroid dienone is 17. The second kappa shape index (κ2) is 57.9. The van der Waals surface area contributed by atoms with E-state index in [1.54, 1.807) is 0 Å². The van der Waals surface area contributed by atoms with Crippen LogP contribution in [-0.2, 0) is 27.9 Å². The summed E-state index contributed by atoms with van der Waals surface area (Å²) in [7, 11) is 1.16. The highest BCUT2D eigenvalue weighted by Crippen LogP contribution is 2.38. The number of hydrogen-bond donors (Lipinski definition) is 1. The van der Waals surface area contributed by atoms with Gasteiger partial charge in [-0.05, 0) is 96.0 Å². The summed E-state index contributed by atoms with van der Waals surface area (Å²) >= 11 is 0. The van der Waals surface area contributed by atoms with E-state index in [1.165, 1.54) is 109 Å². The molecule has 0 aromatic rings. The lowest BCUT2D eigenvalue weighted by Gasteiger charge is -2.30. The molecule has 1 amide bonds. The van der Waals surface area contributed by atoms with Crippen LogP contribution in [0.15, 0.2) is 109 Å². The summed E-state index contributed by atoms with van der Waals surface area (Å²) in [6.45, 7) is 6.58. The van der Waals surface area contributed by atoms with Gasteiger partial charge in [0.25, 0.3) is 7.82 Å². The van der Waals surface area contributed by atoms with E-state index >= 15 is 0 Å². The molecular formula is C69H121N2O7P. The second-order valence-electron chi connectivity index (χ2n) is 22.6. The van der Waals surface area contributed by atoms with E-state index in [0.717, 1.165) is 122 Å². The molecule has 0 aromatic heterocycles. The number of quaternary nitrogens is 1. The van der Waals surface area contributed by atoms with E-state index in [1.807, 2.05) is 33.3 Å². The number of nitrogens with zero attached hydrogens (tertiary/aromatic N) is 1. The zero-order valence-corrected chi connectivity index (χ0v) is 52.7. The summed E-state index contributed by atoms with van der Waals surface area (Å²) in [5.74, 6) is -0.563. The van der Waals surface area contributed by atoms with Crippen molar-refractivity contribution in [2.45, 2.75) is 277 Å². The Labute approximate surface area is 487 Å². The van der Waals surface area contributed by atoms with Crippen LogP contribution in [0.5, 0.6) is 0 Å². The van der Waals surface area contributed by atoms with Crippen molar-refractivity contribution in [2.24, 2.45) is 0 Å². The lowest BCUT2D eigenvalue weighted by atomic mass is 10.0. The Bertz CT molecular complexity index is 1720. The van der Waals surface area contributed by atoms with E-state index in [2.05, 4.69) is 123 Å². The van der Waals surface area contributed by atoms with Gasteiger partial charge >= 0.3 is 5.97 Å². The van der Waals surface area contributed by atoms with Crippen molar-refractivity contribution in [3.8, 4) is 0 Å². The first-order chi connectivity index (χ1) is 38.4. The van der Waals surface area contributed by atoms with E-state index in [9.17, 15) is 19.0 Å². The molecule has 1 N–H and O–H groups in total. The number of carbonyl (C=O) groups excluding carboxylic acids is 2. The van der Waals surface area contributed by atoms with Crippen molar-refractivity contribution >= 4 is 19.7 Å². The largest absolute Gasteiger partial charge is 0.756 e. The molecule has 0 radical (unpaired) electrons. The van der Waals surface area contributed by atoms with Gasteiger partial charge in [-0.1, -0.05) is 265 Å². The Morgan fingerprint density at radius 3 is 1.35 bits per heavy atom. The Kier molecular flexibility index (Phi) is 55.4. The van der Waals surface area contributed by atoms with Crippen molar-refractivity contribution in [1.29, 1.82) is 0 Å². The summed E-state index contributed by atoms with van der Waals surface area (Å²) in [6, 6.07) is -0.902. The molecule has 0 rings (SSSR count). The number of esters is 1. The lowest BCUT2D eigenvalue weighted by Crippen LogP contribution is -2.47. The monoisotopic (exact) mass is 1120 g/mol. The smallest absolute Gasteiger partial charge is 0.306 e. The Balaban J connectivity index is 5.07. The average Bonchev–Trinajstić information content (AvgIpc) is 3.41. The molecule has 79 heavy (non-hydrogen) atoms. The summed E-state index contributed by atoms with van der Waals surface area (Å²) in [4.78, 5) is 40.0. The fraction of sp³-hybridized carbons (Fsp3) is 0.710. The van der Waals surface area contributed by atoms with E-state index in [0.29, 0.717) is 17.4 Å². The molecule has 0 aromatic carbocycles. The van der Waals surface area contributed by atoms with Crippen LogP contribution in [0.2, 0.25) is 0 Å². The number of amides is 1. The highest BCUT2D eigenvalue weighted by atomic mass is 31.2. The molecular weight excluding hydrogens is 1000 g/mol. The van der Waals surface area contributed by atoms with Crippen LogP contribution in [0.4, 0.5) is 0 Å². The van der Waals surface area contributed by atoms with Gasteiger partial charge in [0.1, 0.15) is 19.3 Å². The van der Waals surface area contributed by atoms with Crippen LogP contribution < -0.4 is 10.2 Å². The average molecular weight is 1120 g/mol. The fourth-order valence-corrected chi connectivity index (χ4v) is 9.57. The maximum atomic E-state index is 13.5. The predicted octanol–water partition coefficient (Wildman–Crippen LogP) is 19.5. The van der Waals surface area contributed by atoms with Gasteiger partial charge in [0.05, 0.1) is 33.8 Å². The summed E-state index contributed by atoms with van der Waals surface area (Å²) in [6.07, 6.45) is 79.2. The number of nitrogens with one attached hydrogen (secondary N) is 1. The molecule has 0 saturated heterocycles. The van der Waals surface area contributed by atoms with Gasteiger partial charge in [0, 0.05) is 12.8 Å². The molecule has 3 atom stereocenters. The zero-order valence-electron chi connectivity index (χ0n) is 51.8. The van der Waals surface area contributed by atoms with Gasteiger partial charge in [-0.2, -0.15) is 0 Å². The molecule has 0 aliphatic heterocycles. The molecule has 3 unspecified atom stereocenters. The number of unbranched alkanes of at least 4 members (excludes halogenated alkanes) is 27. The number of likely N-dealkylation sites (N-methyl/N-ethyl adjacent to an activating group) is 1. The summed E-state index contributed by atoms with van der Waals surface area (Å²) in [5.41, 5.74) is 0. The Hall–Kier alpha value is -3.33. The van der Waals surface area contributed by atoms with Crippen molar-refractivity contribution in [2.75, 3.05) is 40.9 Å². The van der Waals surface area contributed by atoms with Gasteiger partial charge in [-0.15, -0.1) is 0 Å². The minimum Gasteiger partial charge on any atom is -0.756 e. The van der Waals surface area contributed by atoms with E-state index in [4.69, 9.17) is 13.8 Å². The first kappa shape index (κ1) is 75.7. The number of ether oxygens (including phenoxy) is 1. The van der Waals surface area contributed by atoms with Gasteiger partial charge < -0.3 is 28.5 Å². The zero-order chi connectivity index (χ0) is 57.9. The minimum absolute atomic E-state index is 0.0301. The summed E-state index contributed by atoms with van der Waals surface area (Å²) in [5, 5.41) is 3.02. The first-order valence-electron chi connectivity index (χ1n) is 32.2. The molecule has 0 aliphatic rings. The molecule has 0 fully saturated rings. The van der Waals surface area contributed by atoms with Crippen LogP contribution in [-0.4, -0.2) is 69.4 Å². The van der Waals surface area contributed by atoms with Crippen LogP contribution >= 0.6 is 7.82 Å². The normalized spacial score (nSPS) is 14.4. The quantitative estimate of drug-likeness (QED) is 0.0161. The van der Waals surface area contributed by atoms with E-state index < -0.39 is 26.6 Å². The predicted molar refractivity (Wildman–Crippen MR) is 339 cm³/mol. The van der Waals surface area contributed by atoms with Crippen molar-refractivity contribution in [1.82, 2.24) is 5.32 Å². The lowest BCUT2D eigenvalue weighted by molar-refractivity contribution is -0.870. The minimum atomic E-state index is -4.71. The second-order valence-corrected chi connectivity index (χ2v) is 24.0. The van der Waals surface area contributed by atoms with Gasteiger partial charge in [0.2, 0.25) is 5.91 Å². The summed E-state index contributed by atoms with van der Waals surface area (Å²) < 4.78 is 30.3. The third-order valence-electron chi connectivity index (χ3n) is 13.8. The fourth-order valence-electron chi connectivity index (χ4n) is 8.84. The molecule has 10 heteroatoms. The molecule has 0 bridgehead atoms. The number of phosphoric acid groups is 1. The highest BCUT2D eigenvalue weighted by Gasteiger charge is 2.27. The number of phosphoric ester groups is 1. The van der Waals surface area contributed by atoms with E-state index in [-0.39, 0.29) is 24.9 Å². The van der Waals surface area contributed by atoms with Gasteiger partial charge in [-0.25, -0.2) is 0 Å². The van der Waals surface area contributed by atoms with Crippen LogP contribution in [0.25, 0.3) is 0 Å². The molecule has 0 spiro atoms. The standard InChI is InChI=1S/C69H121N2O7P/c1-7-10-13-16-19-22-25-27-29-30-31-32-33-34-35-36-37-38-39-40-42-44-47-50-53-56-59-62-69(73)78-67(60-57-54-51-48-45-24-21-18-15-12-9-3)66(65-77-79(74,75)76-64-63-71(4,5)6)70-68(72)61-58-55-52-49-46-43-41-28-26-23-20-17-14-11-8-2/h10-11,13-14,17,19-20,22-23,26-27,29,31-32,34-35,57,60,66-67H,7-9,12,15-16,18,21,24-25,28,30,33,36-56,58-59,61-65H2,1-6H3,(H-,70,72,74,75)/b13-10-,14-11+,20-17+,22-19-,26-23+,29-27-,32-31-,35-34-,60-57-. The Morgan fingerprint density at radius 1 is 0.468 bits per heavy atom. The van der Waals surface area contributed by atoms with Crippen LogP contribution in [0, 0.1) is 0 Å². The number of rotatable bonds is 57. The number of carbonyl (C=O) groups is 2. The number of hydrogen-bond acceptors (Lipinski definition) is 7. The maximum Gasteiger partial charge on any atom is 0.306 e. The van der Waals surface area contributed by atoms with Crippen LogP contribution in [0.3, 0.4) is 0 Å². The van der Waals surface area contributed by atoms with Gasteiger partial charge in [-0.3, -0.25) is 14.2 Å². The highest BCUT2D eigenvalue weighted by molar-refractivity contribution is 7.45. The molecule has 9 nitrogen and oxygen atoms in total. The maximum absolute atomic E-state index is 13.5. The van der Waals surface area contributed by atoms with Crippen molar-refractivity contribution < 1.29 is 37.3 Å². The SMILES string of the molecule is CC/C=C\C/C=C\C/C=C\C/C=C\C/C=C\CCCCCCCCCCCCCC(=O)OC(/C=C\CCCCCCCCCCC)C(COP(=O)([O-])OCC[N+](C)(C)C)NC(=O)CCCCCCCCC/C=C/C=C/C=C/CC. The van der Waals surface area contributed by atoms with Crippen LogP contribution in [0.1, 0.15) is 265 Å². The third kappa shape index (κ3) is 59.1. The molecule has 0 saturated carbocycles.